The van der Waals surface area contributed by atoms with Crippen LogP contribution in [-0.4, -0.2) is 32.3 Å². The SMILES string of the molecule is CCNC(=NCc1ncnn1C)NCc1sc(C)nc1C. The summed E-state index contributed by atoms with van der Waals surface area (Å²) in [6, 6.07) is 0. The van der Waals surface area contributed by atoms with Gasteiger partial charge in [-0.15, -0.1) is 11.3 Å². The van der Waals surface area contributed by atoms with Gasteiger partial charge in [-0.1, -0.05) is 0 Å². The second-order valence-electron chi connectivity index (χ2n) is 4.59. The molecule has 21 heavy (non-hydrogen) atoms. The molecule has 0 bridgehead atoms. The number of nitrogens with one attached hydrogen (secondary N) is 2. The van der Waals surface area contributed by atoms with Crippen LogP contribution in [-0.2, 0) is 20.1 Å². The largest absolute Gasteiger partial charge is 0.357 e. The third kappa shape index (κ3) is 4.25. The second-order valence-corrected chi connectivity index (χ2v) is 5.88. The quantitative estimate of drug-likeness (QED) is 0.640. The Bertz CT molecular complexity index is 614. The summed E-state index contributed by atoms with van der Waals surface area (Å²) >= 11 is 1.71. The molecule has 0 aliphatic rings. The van der Waals surface area contributed by atoms with Gasteiger partial charge in [-0.05, 0) is 20.8 Å². The lowest BCUT2D eigenvalue weighted by Crippen LogP contribution is -2.36. The van der Waals surface area contributed by atoms with E-state index in [-0.39, 0.29) is 0 Å². The Morgan fingerprint density at radius 1 is 1.38 bits per heavy atom. The highest BCUT2D eigenvalue weighted by Crippen LogP contribution is 2.16. The van der Waals surface area contributed by atoms with Crippen molar-refractivity contribution in [3.05, 3.63) is 27.7 Å². The molecule has 0 radical (unpaired) electrons. The molecule has 114 valence electrons. The van der Waals surface area contributed by atoms with Crippen molar-refractivity contribution in [2.45, 2.75) is 33.9 Å². The van der Waals surface area contributed by atoms with E-state index in [0.717, 1.165) is 35.6 Å². The summed E-state index contributed by atoms with van der Waals surface area (Å²) in [6.45, 7) is 8.13. The highest BCUT2D eigenvalue weighted by atomic mass is 32.1. The van der Waals surface area contributed by atoms with Gasteiger partial charge in [0.1, 0.15) is 18.7 Å². The number of hydrogen-bond donors (Lipinski definition) is 2. The van der Waals surface area contributed by atoms with E-state index in [0.29, 0.717) is 6.54 Å². The summed E-state index contributed by atoms with van der Waals surface area (Å²) in [5.74, 6) is 1.60. The van der Waals surface area contributed by atoms with Gasteiger partial charge in [0.2, 0.25) is 0 Å². The zero-order valence-corrected chi connectivity index (χ0v) is 13.7. The van der Waals surface area contributed by atoms with Crippen LogP contribution in [0.1, 0.15) is 28.3 Å². The molecule has 0 atom stereocenters. The lowest BCUT2D eigenvalue weighted by molar-refractivity contribution is 0.697. The van der Waals surface area contributed by atoms with Crippen LogP contribution in [0.2, 0.25) is 0 Å². The predicted molar refractivity (Wildman–Crippen MR) is 84.2 cm³/mol. The molecule has 2 aromatic rings. The van der Waals surface area contributed by atoms with E-state index in [1.807, 2.05) is 27.8 Å². The Balaban J connectivity index is 1.98. The molecule has 0 aliphatic heterocycles. The first-order chi connectivity index (χ1) is 10.1. The van der Waals surface area contributed by atoms with Gasteiger partial charge >= 0.3 is 0 Å². The number of nitrogens with zero attached hydrogens (tertiary/aromatic N) is 5. The first-order valence-electron chi connectivity index (χ1n) is 6.88. The first-order valence-corrected chi connectivity index (χ1v) is 7.69. The van der Waals surface area contributed by atoms with Gasteiger partial charge in [0.05, 0.1) is 17.2 Å². The van der Waals surface area contributed by atoms with Gasteiger partial charge in [-0.25, -0.2) is 15.0 Å². The molecule has 0 spiro atoms. The van der Waals surface area contributed by atoms with Crippen LogP contribution in [0.3, 0.4) is 0 Å². The molecule has 0 aliphatic carbocycles. The van der Waals surface area contributed by atoms with Crippen LogP contribution in [0.5, 0.6) is 0 Å². The lowest BCUT2D eigenvalue weighted by atomic mass is 10.4. The van der Waals surface area contributed by atoms with E-state index in [2.05, 4.69) is 30.7 Å². The average Bonchev–Trinajstić information content (AvgIpc) is 2.99. The van der Waals surface area contributed by atoms with Crippen LogP contribution in [0, 0.1) is 13.8 Å². The zero-order valence-electron chi connectivity index (χ0n) is 12.8. The third-order valence-electron chi connectivity index (χ3n) is 2.94. The minimum Gasteiger partial charge on any atom is -0.357 e. The molecule has 7 nitrogen and oxygen atoms in total. The number of hydrogen-bond acceptors (Lipinski definition) is 5. The first kappa shape index (κ1) is 15.4. The molecule has 8 heteroatoms. The van der Waals surface area contributed by atoms with E-state index in [4.69, 9.17) is 0 Å². The molecule has 0 amide bonds. The van der Waals surface area contributed by atoms with Crippen LogP contribution in [0.4, 0.5) is 0 Å². The minimum absolute atomic E-state index is 0.493. The van der Waals surface area contributed by atoms with Crippen molar-refractivity contribution >= 4 is 17.3 Å². The van der Waals surface area contributed by atoms with Crippen LogP contribution >= 0.6 is 11.3 Å². The van der Waals surface area contributed by atoms with Crippen molar-refractivity contribution in [2.75, 3.05) is 6.54 Å². The topological polar surface area (TPSA) is 80.0 Å². The Morgan fingerprint density at radius 3 is 2.76 bits per heavy atom. The molecule has 0 unspecified atom stereocenters. The van der Waals surface area contributed by atoms with Gasteiger partial charge in [-0.3, -0.25) is 4.68 Å². The summed E-state index contributed by atoms with van der Waals surface area (Å²) in [5, 5.41) is 11.7. The minimum atomic E-state index is 0.493. The standard InChI is InChI=1S/C13H21N7S/c1-5-14-13(16-7-12-17-8-18-20(12)4)15-6-11-9(2)19-10(3)21-11/h8H,5-7H2,1-4H3,(H2,14,15,16). The van der Waals surface area contributed by atoms with Gasteiger partial charge in [0, 0.05) is 18.5 Å². The van der Waals surface area contributed by atoms with E-state index in [9.17, 15) is 0 Å². The van der Waals surface area contributed by atoms with Crippen molar-refractivity contribution in [1.29, 1.82) is 0 Å². The van der Waals surface area contributed by atoms with E-state index >= 15 is 0 Å². The van der Waals surface area contributed by atoms with Gasteiger partial charge < -0.3 is 10.6 Å². The molecular weight excluding hydrogens is 286 g/mol. The fourth-order valence-electron chi connectivity index (χ4n) is 1.86. The maximum atomic E-state index is 4.52. The van der Waals surface area contributed by atoms with Crippen LogP contribution in [0.25, 0.3) is 0 Å². The average molecular weight is 307 g/mol. The number of aryl methyl sites for hydroxylation is 3. The maximum absolute atomic E-state index is 4.52. The van der Waals surface area contributed by atoms with Crippen molar-refractivity contribution in [2.24, 2.45) is 12.0 Å². The molecule has 2 heterocycles. The van der Waals surface area contributed by atoms with Gasteiger partial charge in [0.15, 0.2) is 5.96 Å². The van der Waals surface area contributed by atoms with Crippen LogP contribution in [0.15, 0.2) is 11.3 Å². The Morgan fingerprint density at radius 2 is 2.19 bits per heavy atom. The number of guanidine groups is 1. The molecule has 2 aromatic heterocycles. The Hall–Kier alpha value is -1.96. The number of aromatic nitrogens is 4. The third-order valence-corrected chi connectivity index (χ3v) is 4.02. The predicted octanol–water partition coefficient (Wildman–Crippen LogP) is 1.14. The fourth-order valence-corrected chi connectivity index (χ4v) is 2.73. The maximum Gasteiger partial charge on any atom is 0.191 e. The highest BCUT2D eigenvalue weighted by Gasteiger charge is 2.06. The molecular formula is C13H21N7S. The molecule has 2 rings (SSSR count). The molecule has 0 fully saturated rings. The van der Waals surface area contributed by atoms with Gasteiger partial charge in [0.25, 0.3) is 0 Å². The Labute approximate surface area is 128 Å². The molecule has 2 N–H and O–H groups in total. The summed E-state index contributed by atoms with van der Waals surface area (Å²) < 4.78 is 1.73. The van der Waals surface area contributed by atoms with E-state index < -0.39 is 0 Å². The summed E-state index contributed by atoms with van der Waals surface area (Å²) in [6.07, 6.45) is 1.54. The number of aliphatic imine (C=N–C) groups is 1. The van der Waals surface area contributed by atoms with Crippen molar-refractivity contribution in [3.63, 3.8) is 0 Å². The zero-order chi connectivity index (χ0) is 15.2. The van der Waals surface area contributed by atoms with Crippen molar-refractivity contribution in [1.82, 2.24) is 30.4 Å². The number of rotatable bonds is 5. The van der Waals surface area contributed by atoms with Gasteiger partial charge in [-0.2, -0.15) is 5.10 Å². The van der Waals surface area contributed by atoms with E-state index in [1.54, 1.807) is 16.0 Å². The summed E-state index contributed by atoms with van der Waals surface area (Å²) in [4.78, 5) is 14.4. The fraction of sp³-hybridized carbons (Fsp3) is 0.538. The van der Waals surface area contributed by atoms with E-state index in [1.165, 1.54) is 11.2 Å². The summed E-state index contributed by atoms with van der Waals surface area (Å²) in [5.41, 5.74) is 1.08. The highest BCUT2D eigenvalue weighted by molar-refractivity contribution is 7.11. The molecule has 0 saturated carbocycles. The summed E-state index contributed by atoms with van der Waals surface area (Å²) in [7, 11) is 1.86. The van der Waals surface area contributed by atoms with Crippen LogP contribution < -0.4 is 10.6 Å². The second kappa shape index (κ2) is 7.16. The lowest BCUT2D eigenvalue weighted by Gasteiger charge is -2.10. The van der Waals surface area contributed by atoms with Crippen molar-refractivity contribution < 1.29 is 0 Å². The van der Waals surface area contributed by atoms with Crippen molar-refractivity contribution in [3.8, 4) is 0 Å². The smallest absolute Gasteiger partial charge is 0.191 e. The number of thiazole rings is 1. The monoisotopic (exact) mass is 307 g/mol. The molecule has 0 saturated heterocycles. The Kier molecular flexibility index (Phi) is 5.26. The molecule has 0 aromatic carbocycles. The normalized spacial score (nSPS) is 11.7.